The normalized spacial score (nSPS) is 32.4. The zero-order chi connectivity index (χ0) is 12.8. The van der Waals surface area contributed by atoms with Crippen LogP contribution in [-0.2, 0) is 9.53 Å². The Morgan fingerprint density at radius 2 is 2.33 bits per heavy atom. The van der Waals surface area contributed by atoms with Gasteiger partial charge in [-0.25, -0.2) is 0 Å². The molecule has 1 amide bonds. The molecule has 2 heterocycles. The largest absolute Gasteiger partial charge is 0.378 e. The fourth-order valence-corrected chi connectivity index (χ4v) is 2.88. The van der Waals surface area contributed by atoms with Gasteiger partial charge in [-0.2, -0.15) is 0 Å². The average Bonchev–Trinajstić information content (AvgIpc) is 2.81. The topological polar surface area (TPSA) is 50.4 Å². The van der Waals surface area contributed by atoms with E-state index in [1.807, 2.05) is 0 Å². The highest BCUT2D eigenvalue weighted by molar-refractivity contribution is 5.75. The predicted octanol–water partition coefficient (Wildman–Crippen LogP) is 1.31. The number of hydrogen-bond donors (Lipinski definition) is 2. The zero-order valence-electron chi connectivity index (χ0n) is 11.4. The predicted molar refractivity (Wildman–Crippen MR) is 71.4 cm³/mol. The Morgan fingerprint density at radius 3 is 3.00 bits per heavy atom. The molecule has 0 aliphatic carbocycles. The molecule has 2 rings (SSSR count). The van der Waals surface area contributed by atoms with Crippen LogP contribution in [-0.4, -0.2) is 38.3 Å². The van der Waals surface area contributed by atoms with E-state index in [1.165, 1.54) is 12.8 Å². The van der Waals surface area contributed by atoms with E-state index in [4.69, 9.17) is 4.74 Å². The number of piperidine rings is 1. The highest BCUT2D eigenvalue weighted by atomic mass is 16.5. The van der Waals surface area contributed by atoms with Crippen LogP contribution in [0.5, 0.6) is 0 Å². The van der Waals surface area contributed by atoms with Crippen LogP contribution in [0, 0.1) is 11.8 Å². The van der Waals surface area contributed by atoms with Gasteiger partial charge in [0.1, 0.15) is 0 Å². The van der Waals surface area contributed by atoms with Gasteiger partial charge in [-0.1, -0.05) is 0 Å². The first-order valence-electron chi connectivity index (χ1n) is 7.34. The molecular formula is C14H26N2O2. The number of amides is 1. The number of carbonyl (C=O) groups is 1. The average molecular weight is 254 g/mol. The molecule has 4 nitrogen and oxygen atoms in total. The van der Waals surface area contributed by atoms with E-state index in [0.29, 0.717) is 24.4 Å². The second-order valence-corrected chi connectivity index (χ2v) is 5.68. The van der Waals surface area contributed by atoms with Crippen molar-refractivity contribution >= 4 is 5.91 Å². The molecule has 3 atom stereocenters. The fourth-order valence-electron chi connectivity index (χ4n) is 2.88. The molecule has 0 aromatic rings. The molecule has 2 saturated heterocycles. The summed E-state index contributed by atoms with van der Waals surface area (Å²) in [5.41, 5.74) is 0. The molecule has 3 unspecified atom stereocenters. The minimum absolute atomic E-state index is 0.208. The second kappa shape index (κ2) is 7.10. The Bertz CT molecular complexity index is 265. The minimum atomic E-state index is 0.208. The lowest BCUT2D eigenvalue weighted by atomic mass is 9.94. The summed E-state index contributed by atoms with van der Waals surface area (Å²) in [5, 5.41) is 6.45. The highest BCUT2D eigenvalue weighted by Crippen LogP contribution is 2.19. The van der Waals surface area contributed by atoms with Crippen molar-refractivity contribution in [3.8, 4) is 0 Å². The van der Waals surface area contributed by atoms with Crippen LogP contribution in [0.4, 0.5) is 0 Å². The van der Waals surface area contributed by atoms with E-state index in [1.54, 1.807) is 0 Å². The first-order chi connectivity index (χ1) is 8.75. The molecule has 0 aromatic carbocycles. The number of carbonyl (C=O) groups excluding carboxylic acids is 1. The van der Waals surface area contributed by atoms with Crippen molar-refractivity contribution < 1.29 is 9.53 Å². The first kappa shape index (κ1) is 13.8. The summed E-state index contributed by atoms with van der Waals surface area (Å²) in [4.78, 5) is 11.8. The van der Waals surface area contributed by atoms with Crippen LogP contribution in [0.1, 0.15) is 39.0 Å². The Hall–Kier alpha value is -0.610. The van der Waals surface area contributed by atoms with E-state index in [9.17, 15) is 4.79 Å². The third-order valence-corrected chi connectivity index (χ3v) is 4.27. The van der Waals surface area contributed by atoms with Gasteiger partial charge in [-0.05, 0) is 51.6 Å². The van der Waals surface area contributed by atoms with Crippen LogP contribution in [0.2, 0.25) is 0 Å². The van der Waals surface area contributed by atoms with E-state index in [0.717, 1.165) is 39.1 Å². The molecular weight excluding hydrogens is 228 g/mol. The first-order valence-corrected chi connectivity index (χ1v) is 7.34. The molecule has 18 heavy (non-hydrogen) atoms. The molecule has 2 fully saturated rings. The van der Waals surface area contributed by atoms with Crippen molar-refractivity contribution in [2.75, 3.05) is 26.2 Å². The van der Waals surface area contributed by atoms with Crippen LogP contribution >= 0.6 is 0 Å². The second-order valence-electron chi connectivity index (χ2n) is 5.68. The lowest BCUT2D eigenvalue weighted by Gasteiger charge is -2.22. The summed E-state index contributed by atoms with van der Waals surface area (Å²) in [6.07, 6.45) is 5.60. The number of hydrogen-bond acceptors (Lipinski definition) is 3. The molecule has 0 bridgehead atoms. The maximum absolute atomic E-state index is 11.8. The van der Waals surface area contributed by atoms with Crippen LogP contribution in [0.15, 0.2) is 0 Å². The number of nitrogens with one attached hydrogen (secondary N) is 2. The van der Waals surface area contributed by atoms with Crippen molar-refractivity contribution in [2.45, 2.75) is 45.1 Å². The van der Waals surface area contributed by atoms with E-state index in [2.05, 4.69) is 17.6 Å². The Labute approximate surface area is 110 Å². The Kier molecular flexibility index (Phi) is 5.45. The van der Waals surface area contributed by atoms with Crippen molar-refractivity contribution in [3.63, 3.8) is 0 Å². The Balaban J connectivity index is 1.57. The Morgan fingerprint density at radius 1 is 1.44 bits per heavy atom. The maximum Gasteiger partial charge on any atom is 0.220 e. The smallest absolute Gasteiger partial charge is 0.220 e. The monoisotopic (exact) mass is 254 g/mol. The van der Waals surface area contributed by atoms with Crippen LogP contribution in [0.3, 0.4) is 0 Å². The molecule has 0 radical (unpaired) electrons. The van der Waals surface area contributed by atoms with Gasteiger partial charge in [-0.15, -0.1) is 0 Å². The van der Waals surface area contributed by atoms with Crippen molar-refractivity contribution in [1.82, 2.24) is 10.6 Å². The van der Waals surface area contributed by atoms with Gasteiger partial charge in [0.25, 0.3) is 0 Å². The summed E-state index contributed by atoms with van der Waals surface area (Å²) in [7, 11) is 0. The van der Waals surface area contributed by atoms with Crippen molar-refractivity contribution in [2.24, 2.45) is 11.8 Å². The van der Waals surface area contributed by atoms with Gasteiger partial charge in [-0.3, -0.25) is 4.79 Å². The van der Waals surface area contributed by atoms with E-state index >= 15 is 0 Å². The number of ether oxygens (including phenoxy) is 1. The van der Waals surface area contributed by atoms with Crippen LogP contribution < -0.4 is 10.6 Å². The fraction of sp³-hybridized carbons (Fsp3) is 0.929. The third kappa shape index (κ3) is 4.25. The molecule has 2 N–H and O–H groups in total. The van der Waals surface area contributed by atoms with E-state index in [-0.39, 0.29) is 5.91 Å². The summed E-state index contributed by atoms with van der Waals surface area (Å²) < 4.78 is 5.49. The maximum atomic E-state index is 11.8. The summed E-state index contributed by atoms with van der Waals surface area (Å²) in [5.74, 6) is 1.41. The summed E-state index contributed by atoms with van der Waals surface area (Å²) in [6, 6.07) is 0. The number of rotatable bonds is 5. The van der Waals surface area contributed by atoms with Gasteiger partial charge in [0.2, 0.25) is 5.91 Å². The van der Waals surface area contributed by atoms with Gasteiger partial charge < -0.3 is 15.4 Å². The quantitative estimate of drug-likeness (QED) is 0.777. The lowest BCUT2D eigenvalue weighted by Crippen LogP contribution is -2.33. The van der Waals surface area contributed by atoms with E-state index < -0.39 is 0 Å². The molecule has 2 aliphatic heterocycles. The molecule has 0 spiro atoms. The van der Waals surface area contributed by atoms with Gasteiger partial charge in [0.05, 0.1) is 6.10 Å². The van der Waals surface area contributed by atoms with Gasteiger partial charge in [0, 0.05) is 25.5 Å². The zero-order valence-corrected chi connectivity index (χ0v) is 11.4. The lowest BCUT2D eigenvalue weighted by molar-refractivity contribution is -0.121. The summed E-state index contributed by atoms with van der Waals surface area (Å²) in [6.45, 7) is 5.94. The highest BCUT2D eigenvalue weighted by Gasteiger charge is 2.24. The van der Waals surface area contributed by atoms with Crippen molar-refractivity contribution in [3.05, 3.63) is 0 Å². The minimum Gasteiger partial charge on any atom is -0.378 e. The molecule has 0 saturated carbocycles. The van der Waals surface area contributed by atoms with Gasteiger partial charge >= 0.3 is 0 Å². The molecule has 2 aliphatic rings. The van der Waals surface area contributed by atoms with Crippen LogP contribution in [0.25, 0.3) is 0 Å². The summed E-state index contributed by atoms with van der Waals surface area (Å²) >= 11 is 0. The third-order valence-electron chi connectivity index (χ3n) is 4.27. The standard InChI is InChI=1S/C14H26N2O2/c1-11-13(6-8-18-11)10-16-14(17)5-4-12-3-2-7-15-9-12/h11-13,15H,2-10H2,1H3,(H,16,17). The van der Waals surface area contributed by atoms with Crippen molar-refractivity contribution in [1.29, 1.82) is 0 Å². The molecule has 0 aromatic heterocycles. The SMILES string of the molecule is CC1OCCC1CNC(=O)CCC1CCCNC1. The molecule has 4 heteroatoms. The molecule has 104 valence electrons. The van der Waals surface area contributed by atoms with Gasteiger partial charge in [0.15, 0.2) is 0 Å².